The van der Waals surface area contributed by atoms with E-state index >= 15 is 0 Å². The minimum Gasteiger partial charge on any atom is -0.347 e. The molecule has 0 aliphatic carbocycles. The molecule has 0 aliphatic rings. The van der Waals surface area contributed by atoms with E-state index in [1.54, 1.807) is 18.3 Å². The Bertz CT molecular complexity index is 974. The maximum atomic E-state index is 13.8. The van der Waals surface area contributed by atoms with Crippen LogP contribution in [-0.4, -0.2) is 11.3 Å². The van der Waals surface area contributed by atoms with Gasteiger partial charge >= 0.3 is 0 Å². The first kappa shape index (κ1) is 19.3. The van der Waals surface area contributed by atoms with E-state index in [1.165, 1.54) is 12.1 Å². The highest BCUT2D eigenvalue weighted by Crippen LogP contribution is 2.29. The molecule has 0 saturated heterocycles. The smallest absolute Gasteiger partial charge is 0.150 e. The van der Waals surface area contributed by atoms with Crippen LogP contribution in [0.2, 0.25) is 0 Å². The highest BCUT2D eigenvalue weighted by Gasteiger charge is 2.10. The topological polar surface area (TPSA) is 80.2 Å². The lowest BCUT2D eigenvalue weighted by atomic mass is 9.92. The summed E-state index contributed by atoms with van der Waals surface area (Å²) in [7, 11) is 0. The molecule has 5 N–H and O–H groups in total. The van der Waals surface area contributed by atoms with Gasteiger partial charge < -0.3 is 4.98 Å². The Morgan fingerprint density at radius 1 is 1.31 bits per heavy atom. The molecular weight excluding hydrogens is 327 g/mol. The number of nitrogens with two attached hydrogens (primary N) is 2. The number of hydrogen-bond donors (Lipinski definition) is 3. The van der Waals surface area contributed by atoms with E-state index in [2.05, 4.69) is 28.9 Å². The third-order valence-corrected chi connectivity index (χ3v) is 3.92. The summed E-state index contributed by atoms with van der Waals surface area (Å²) < 4.78 is 13.8. The summed E-state index contributed by atoms with van der Waals surface area (Å²) in [5.41, 5.74) is 19.3. The molecule has 1 heterocycles. The van der Waals surface area contributed by atoms with Gasteiger partial charge in [0, 0.05) is 6.20 Å². The highest BCUT2D eigenvalue weighted by molar-refractivity contribution is 5.89. The molecule has 1 aromatic heterocycles. The molecule has 134 valence electrons. The van der Waals surface area contributed by atoms with Crippen LogP contribution >= 0.6 is 0 Å². The van der Waals surface area contributed by atoms with Gasteiger partial charge in [-0.15, -0.1) is 5.73 Å². The Hall–Kier alpha value is -2.98. The molecule has 1 aromatic carbocycles. The molecule has 0 unspecified atom stereocenters. The maximum Gasteiger partial charge on any atom is 0.150 e. The zero-order chi connectivity index (χ0) is 19.3. The number of allylic oxidation sites excluding steroid dienone is 4. The molecule has 5 heteroatoms. The third-order valence-electron chi connectivity index (χ3n) is 3.92. The summed E-state index contributed by atoms with van der Waals surface area (Å²) in [6.07, 6.45) is 2.82. The minimum absolute atomic E-state index is 0.300. The number of aromatic nitrogens is 1. The van der Waals surface area contributed by atoms with Gasteiger partial charge in [-0.1, -0.05) is 19.2 Å². The van der Waals surface area contributed by atoms with Crippen molar-refractivity contribution >= 4 is 11.1 Å². The average Bonchev–Trinajstić information content (AvgIpc) is 2.60. The van der Waals surface area contributed by atoms with Crippen LogP contribution in [-0.2, 0) is 0 Å². The second kappa shape index (κ2) is 8.41. The van der Waals surface area contributed by atoms with Gasteiger partial charge in [-0.2, -0.15) is 0 Å². The number of pyridine rings is 1. The van der Waals surface area contributed by atoms with Crippen molar-refractivity contribution in [2.45, 2.75) is 20.1 Å². The van der Waals surface area contributed by atoms with Crippen LogP contribution in [0.5, 0.6) is 0 Å². The van der Waals surface area contributed by atoms with E-state index in [0.29, 0.717) is 5.49 Å². The van der Waals surface area contributed by atoms with Gasteiger partial charge in [0.2, 0.25) is 0 Å². The first-order valence-corrected chi connectivity index (χ1v) is 8.10. The van der Waals surface area contributed by atoms with Gasteiger partial charge in [-0.25, -0.2) is 9.38 Å². The van der Waals surface area contributed by atoms with Gasteiger partial charge in [0.25, 0.3) is 0 Å². The minimum atomic E-state index is -0.804. The number of nitrogens with zero attached hydrogens (tertiary/aromatic N) is 1. The van der Waals surface area contributed by atoms with Crippen LogP contribution < -0.4 is 17.0 Å². The van der Waals surface area contributed by atoms with Crippen molar-refractivity contribution in [3.63, 3.8) is 0 Å². The average molecular weight is 350 g/mol. The Balaban J connectivity index is 2.56. The van der Waals surface area contributed by atoms with Crippen LogP contribution in [0.15, 0.2) is 72.1 Å². The summed E-state index contributed by atoms with van der Waals surface area (Å²) in [4.78, 5) is 7.04. The molecule has 0 aliphatic heterocycles. The summed E-state index contributed by atoms with van der Waals surface area (Å²) >= 11 is 0. The summed E-state index contributed by atoms with van der Waals surface area (Å²) in [6, 6.07) is 8.35. The lowest BCUT2D eigenvalue weighted by molar-refractivity contribution is 0.627. The molecular formula is C21H23FN4. The van der Waals surface area contributed by atoms with E-state index in [4.69, 9.17) is 11.5 Å². The number of nitrogens with one attached hydrogen (secondary N) is 1. The quantitative estimate of drug-likeness (QED) is 0.439. The lowest BCUT2D eigenvalue weighted by Crippen LogP contribution is -2.31. The van der Waals surface area contributed by atoms with Crippen molar-refractivity contribution in [3.8, 4) is 0 Å². The Morgan fingerprint density at radius 2 is 2.04 bits per heavy atom. The third kappa shape index (κ3) is 4.77. The second-order valence-corrected chi connectivity index (χ2v) is 5.93. The van der Waals surface area contributed by atoms with Crippen LogP contribution in [0.3, 0.4) is 0 Å². The lowest BCUT2D eigenvalue weighted by Gasteiger charge is -2.12. The largest absolute Gasteiger partial charge is 0.347 e. The van der Waals surface area contributed by atoms with Gasteiger partial charge in [-0.3, -0.25) is 11.5 Å². The van der Waals surface area contributed by atoms with Crippen molar-refractivity contribution in [1.82, 2.24) is 4.98 Å². The van der Waals surface area contributed by atoms with Crippen molar-refractivity contribution in [2.24, 2.45) is 16.5 Å². The molecule has 0 atom stereocenters. The Labute approximate surface area is 152 Å². The Kier molecular flexibility index (Phi) is 6.26. The molecule has 0 saturated carbocycles. The van der Waals surface area contributed by atoms with Crippen molar-refractivity contribution in [1.29, 1.82) is 0 Å². The standard InChI is InChI=1S/C21H23FN4/c1-5-13(2)18(19-12-17(22)7-6-14(19)3)10-15(4)16-8-9-25-20(11-16)26-21(23)24/h6-12,21H,1,4,23-24H2,2-3H3,(H,25,26)/b18-10-. The van der Waals surface area contributed by atoms with E-state index in [1.807, 2.05) is 26.0 Å². The van der Waals surface area contributed by atoms with Crippen LogP contribution in [0.1, 0.15) is 23.6 Å². The molecule has 2 rings (SSSR count). The van der Waals surface area contributed by atoms with E-state index in [9.17, 15) is 4.39 Å². The monoisotopic (exact) mass is 350 g/mol. The molecule has 26 heavy (non-hydrogen) atoms. The summed E-state index contributed by atoms with van der Waals surface area (Å²) in [5, 5.41) is 0. The molecule has 2 aromatic rings. The number of H-pyrrole nitrogens is 1. The fourth-order valence-corrected chi connectivity index (χ4v) is 2.51. The predicted molar refractivity (Wildman–Crippen MR) is 105 cm³/mol. The van der Waals surface area contributed by atoms with Crippen molar-refractivity contribution in [2.75, 3.05) is 0 Å². The fourth-order valence-electron chi connectivity index (χ4n) is 2.51. The van der Waals surface area contributed by atoms with Crippen LogP contribution in [0, 0.1) is 12.7 Å². The normalized spacial score (nSPS) is 12.2. The SMILES string of the molecule is C=C=C(C)/C(=C/C(=C)c1cc[nH]/c(=N\C(N)N)c1)c1cc(F)ccc1C. The maximum absolute atomic E-state index is 13.8. The Morgan fingerprint density at radius 3 is 2.69 bits per heavy atom. The van der Waals surface area contributed by atoms with E-state index in [0.717, 1.165) is 33.4 Å². The first-order chi connectivity index (χ1) is 12.3. The van der Waals surface area contributed by atoms with Gasteiger partial charge in [0.05, 0.1) is 0 Å². The van der Waals surface area contributed by atoms with Crippen LogP contribution in [0.4, 0.5) is 4.39 Å². The summed E-state index contributed by atoms with van der Waals surface area (Å²) in [5.74, 6) is -0.300. The van der Waals surface area contributed by atoms with Gasteiger partial charge in [0.15, 0.2) is 6.29 Å². The molecule has 0 fully saturated rings. The van der Waals surface area contributed by atoms with E-state index < -0.39 is 6.29 Å². The molecule has 0 spiro atoms. The summed E-state index contributed by atoms with van der Waals surface area (Å²) in [6.45, 7) is 11.6. The number of aromatic amines is 1. The highest BCUT2D eigenvalue weighted by atomic mass is 19.1. The first-order valence-electron chi connectivity index (χ1n) is 8.10. The van der Waals surface area contributed by atoms with Gasteiger partial charge in [0.1, 0.15) is 11.3 Å². The molecule has 4 nitrogen and oxygen atoms in total. The zero-order valence-electron chi connectivity index (χ0n) is 15.0. The molecule has 0 amide bonds. The molecule has 0 bridgehead atoms. The van der Waals surface area contributed by atoms with Crippen molar-refractivity contribution < 1.29 is 4.39 Å². The number of aryl methyl sites for hydroxylation is 1. The van der Waals surface area contributed by atoms with E-state index in [-0.39, 0.29) is 5.82 Å². The number of rotatable bonds is 5. The number of benzene rings is 1. The predicted octanol–water partition coefficient (Wildman–Crippen LogP) is 3.39. The zero-order valence-corrected chi connectivity index (χ0v) is 15.0. The second-order valence-electron chi connectivity index (χ2n) is 5.93. The van der Waals surface area contributed by atoms with Gasteiger partial charge in [-0.05, 0) is 77.6 Å². The van der Waals surface area contributed by atoms with Crippen LogP contribution in [0.25, 0.3) is 11.1 Å². The number of halogens is 1. The number of hydrogen-bond acceptors (Lipinski definition) is 3. The molecule has 0 radical (unpaired) electrons. The van der Waals surface area contributed by atoms with Crippen molar-refractivity contribution in [3.05, 3.63) is 95.1 Å². The fraction of sp³-hybridized carbons (Fsp3) is 0.143.